The van der Waals surface area contributed by atoms with Crippen molar-refractivity contribution < 1.29 is 4.79 Å². The van der Waals surface area contributed by atoms with Gasteiger partial charge in [0.15, 0.2) is 0 Å². The van der Waals surface area contributed by atoms with Gasteiger partial charge >= 0.3 is 0 Å². The Kier molecular flexibility index (Phi) is 5.46. The van der Waals surface area contributed by atoms with E-state index in [9.17, 15) is 4.79 Å². The van der Waals surface area contributed by atoms with Crippen LogP contribution in [0, 0.1) is 12.8 Å². The van der Waals surface area contributed by atoms with E-state index in [0.29, 0.717) is 11.6 Å². The molecule has 2 atom stereocenters. The molecule has 0 spiro atoms. The predicted octanol–water partition coefficient (Wildman–Crippen LogP) is 4.30. The van der Waals surface area contributed by atoms with Crippen molar-refractivity contribution in [3.8, 4) is 11.3 Å². The molecular formula is C19H24ClN3OS. The summed E-state index contributed by atoms with van der Waals surface area (Å²) >= 11 is 7.56. The summed E-state index contributed by atoms with van der Waals surface area (Å²) < 4.78 is 0. The number of aryl methyl sites for hydroxylation is 1. The topological polar surface area (TPSA) is 68.0 Å². The Balaban J connectivity index is 1.67. The maximum absolute atomic E-state index is 12.6. The molecule has 1 amide bonds. The van der Waals surface area contributed by atoms with Crippen molar-refractivity contribution in [3.05, 3.63) is 39.2 Å². The van der Waals surface area contributed by atoms with Gasteiger partial charge in [-0.05, 0) is 38.8 Å². The van der Waals surface area contributed by atoms with Gasteiger partial charge in [-0.1, -0.05) is 36.6 Å². The third-order valence-corrected chi connectivity index (χ3v) is 6.17. The minimum Gasteiger partial charge on any atom is -0.349 e. The van der Waals surface area contributed by atoms with E-state index in [2.05, 4.69) is 5.32 Å². The molecule has 2 aromatic rings. The van der Waals surface area contributed by atoms with E-state index in [4.69, 9.17) is 22.3 Å². The number of benzene rings is 1. The van der Waals surface area contributed by atoms with Crippen LogP contribution in [0.4, 0.5) is 0 Å². The lowest BCUT2D eigenvalue weighted by atomic mass is 9.74. The molecule has 0 radical (unpaired) electrons. The first-order chi connectivity index (χ1) is 11.9. The monoisotopic (exact) mass is 377 g/mol. The first-order valence-corrected chi connectivity index (χ1v) is 9.85. The number of nitrogens with zero attached hydrogens (tertiary/aromatic N) is 1. The van der Waals surface area contributed by atoms with Crippen molar-refractivity contribution in [2.75, 3.05) is 0 Å². The van der Waals surface area contributed by atoms with E-state index >= 15 is 0 Å². The van der Waals surface area contributed by atoms with Crippen molar-refractivity contribution in [1.82, 2.24) is 10.3 Å². The fourth-order valence-electron chi connectivity index (χ4n) is 3.48. The molecule has 1 aromatic heterocycles. The van der Waals surface area contributed by atoms with Crippen LogP contribution in [-0.4, -0.2) is 16.4 Å². The molecule has 0 aliphatic heterocycles. The standard InChI is InChI=1S/C19H24ClN3OS/c1-12-17(13-6-8-14(20)9-7-13)23-16(25-12)11-22-18(24)15-5-3-4-10-19(15,2)21/h6-9,15H,3-5,10-11,21H2,1-2H3,(H,22,24). The summed E-state index contributed by atoms with van der Waals surface area (Å²) in [7, 11) is 0. The Morgan fingerprint density at radius 1 is 1.40 bits per heavy atom. The van der Waals surface area contributed by atoms with Gasteiger partial charge in [-0.25, -0.2) is 4.98 Å². The van der Waals surface area contributed by atoms with E-state index in [0.717, 1.165) is 46.8 Å². The van der Waals surface area contributed by atoms with Crippen LogP contribution in [0.15, 0.2) is 24.3 Å². The van der Waals surface area contributed by atoms with Crippen molar-refractivity contribution in [2.24, 2.45) is 11.7 Å². The number of carbonyl (C=O) groups is 1. The molecule has 1 heterocycles. The third kappa shape index (κ3) is 4.22. The molecular weight excluding hydrogens is 354 g/mol. The summed E-state index contributed by atoms with van der Waals surface area (Å²) in [6.07, 6.45) is 3.95. The maximum Gasteiger partial charge on any atom is 0.225 e. The maximum atomic E-state index is 12.6. The minimum atomic E-state index is -0.407. The van der Waals surface area contributed by atoms with Gasteiger partial charge in [0.05, 0.1) is 18.2 Å². The Labute approximate surface area is 157 Å². The molecule has 3 rings (SSSR count). The van der Waals surface area contributed by atoms with Crippen molar-refractivity contribution >= 4 is 28.8 Å². The fraction of sp³-hybridized carbons (Fsp3) is 0.474. The van der Waals surface area contributed by atoms with Crippen LogP contribution in [0.25, 0.3) is 11.3 Å². The van der Waals surface area contributed by atoms with Gasteiger partial charge in [0.2, 0.25) is 5.91 Å². The van der Waals surface area contributed by atoms with Crippen LogP contribution >= 0.6 is 22.9 Å². The van der Waals surface area contributed by atoms with Crippen molar-refractivity contribution in [2.45, 2.75) is 51.6 Å². The van der Waals surface area contributed by atoms with Crippen LogP contribution in [-0.2, 0) is 11.3 Å². The van der Waals surface area contributed by atoms with Gasteiger partial charge in [0, 0.05) is 21.0 Å². The predicted molar refractivity (Wildman–Crippen MR) is 104 cm³/mol. The van der Waals surface area contributed by atoms with Gasteiger partial charge in [-0.2, -0.15) is 0 Å². The highest BCUT2D eigenvalue weighted by molar-refractivity contribution is 7.12. The minimum absolute atomic E-state index is 0.0468. The van der Waals surface area contributed by atoms with E-state index in [-0.39, 0.29) is 11.8 Å². The van der Waals surface area contributed by atoms with E-state index in [1.54, 1.807) is 11.3 Å². The van der Waals surface area contributed by atoms with Crippen LogP contribution in [0.3, 0.4) is 0 Å². The summed E-state index contributed by atoms with van der Waals surface area (Å²) in [6, 6.07) is 7.66. The number of nitrogens with one attached hydrogen (secondary N) is 1. The van der Waals surface area contributed by atoms with Crippen LogP contribution in [0.2, 0.25) is 5.02 Å². The van der Waals surface area contributed by atoms with Crippen LogP contribution in [0.5, 0.6) is 0 Å². The summed E-state index contributed by atoms with van der Waals surface area (Å²) in [5, 5.41) is 4.65. The molecule has 0 saturated heterocycles. The smallest absolute Gasteiger partial charge is 0.225 e. The van der Waals surface area contributed by atoms with Gasteiger partial charge in [-0.15, -0.1) is 11.3 Å². The zero-order valence-electron chi connectivity index (χ0n) is 14.6. The molecule has 1 fully saturated rings. The highest BCUT2D eigenvalue weighted by Gasteiger charge is 2.37. The summed E-state index contributed by atoms with van der Waals surface area (Å²) in [5.41, 5.74) is 7.91. The van der Waals surface area contributed by atoms with Gasteiger partial charge in [0.25, 0.3) is 0 Å². The quantitative estimate of drug-likeness (QED) is 0.834. The third-order valence-electron chi connectivity index (χ3n) is 4.94. The van der Waals surface area contributed by atoms with Crippen molar-refractivity contribution in [3.63, 3.8) is 0 Å². The zero-order chi connectivity index (χ0) is 18.0. The van der Waals surface area contributed by atoms with E-state index in [1.165, 1.54) is 0 Å². The number of nitrogens with two attached hydrogens (primary N) is 1. The Hall–Kier alpha value is -1.43. The molecule has 2 unspecified atom stereocenters. The molecule has 3 N–H and O–H groups in total. The average Bonchev–Trinajstić information content (AvgIpc) is 2.94. The highest BCUT2D eigenvalue weighted by Crippen LogP contribution is 2.32. The molecule has 0 bridgehead atoms. The molecule has 1 aliphatic rings. The number of hydrogen-bond acceptors (Lipinski definition) is 4. The van der Waals surface area contributed by atoms with Gasteiger partial charge in [0.1, 0.15) is 5.01 Å². The number of hydrogen-bond donors (Lipinski definition) is 2. The van der Waals surface area contributed by atoms with Crippen LogP contribution < -0.4 is 11.1 Å². The Morgan fingerprint density at radius 3 is 2.80 bits per heavy atom. The Morgan fingerprint density at radius 2 is 2.12 bits per heavy atom. The first-order valence-electron chi connectivity index (χ1n) is 8.65. The molecule has 4 nitrogen and oxygen atoms in total. The lowest BCUT2D eigenvalue weighted by Crippen LogP contribution is -2.52. The number of carbonyl (C=O) groups excluding carboxylic acids is 1. The Bertz CT molecular complexity index is 755. The molecule has 6 heteroatoms. The molecule has 1 aliphatic carbocycles. The van der Waals surface area contributed by atoms with Crippen LogP contribution in [0.1, 0.15) is 42.5 Å². The molecule has 1 aromatic carbocycles. The largest absolute Gasteiger partial charge is 0.349 e. The highest BCUT2D eigenvalue weighted by atomic mass is 35.5. The number of rotatable bonds is 4. The van der Waals surface area contributed by atoms with E-state index in [1.807, 2.05) is 38.1 Å². The molecule has 134 valence electrons. The zero-order valence-corrected chi connectivity index (χ0v) is 16.2. The fourth-order valence-corrected chi connectivity index (χ4v) is 4.50. The molecule has 25 heavy (non-hydrogen) atoms. The summed E-state index contributed by atoms with van der Waals surface area (Å²) in [6.45, 7) is 4.48. The number of halogens is 1. The second kappa shape index (κ2) is 7.44. The van der Waals surface area contributed by atoms with Gasteiger partial charge in [-0.3, -0.25) is 4.79 Å². The SMILES string of the molecule is Cc1sc(CNC(=O)C2CCCCC2(C)N)nc1-c1ccc(Cl)cc1. The number of aromatic nitrogens is 1. The average molecular weight is 378 g/mol. The lowest BCUT2D eigenvalue weighted by Gasteiger charge is -2.37. The molecule has 1 saturated carbocycles. The van der Waals surface area contributed by atoms with Gasteiger partial charge < -0.3 is 11.1 Å². The number of thiazole rings is 1. The van der Waals surface area contributed by atoms with E-state index < -0.39 is 5.54 Å². The summed E-state index contributed by atoms with van der Waals surface area (Å²) in [5.74, 6) is -0.0661. The second-order valence-corrected chi connectivity index (χ2v) is 8.77. The normalized spacial score (nSPS) is 23.4. The first kappa shape index (κ1) is 18.4. The van der Waals surface area contributed by atoms with Crippen molar-refractivity contribution in [1.29, 1.82) is 0 Å². The lowest BCUT2D eigenvalue weighted by molar-refractivity contribution is -0.128. The summed E-state index contributed by atoms with van der Waals surface area (Å²) in [4.78, 5) is 18.4. The number of amides is 1. The second-order valence-electron chi connectivity index (χ2n) is 7.04.